The Bertz CT molecular complexity index is 791. The molecule has 2 heterocycles. The molecule has 0 spiro atoms. The molecule has 8 nitrogen and oxygen atoms in total. The summed E-state index contributed by atoms with van der Waals surface area (Å²) in [6, 6.07) is 5.09. The van der Waals surface area contributed by atoms with Crippen LogP contribution in [0.15, 0.2) is 24.5 Å². The summed E-state index contributed by atoms with van der Waals surface area (Å²) in [7, 11) is 0. The molecule has 4 N–H and O–H groups in total. The van der Waals surface area contributed by atoms with Gasteiger partial charge in [-0.05, 0) is 24.6 Å². The fraction of sp³-hybridized carbons (Fsp3) is 0.375. The van der Waals surface area contributed by atoms with Crippen molar-refractivity contribution < 1.29 is 9.59 Å². The third-order valence-corrected chi connectivity index (χ3v) is 4.13. The number of benzene rings is 1. The molecule has 1 aliphatic rings. The lowest BCUT2D eigenvalue weighted by Crippen LogP contribution is -2.54. The van der Waals surface area contributed by atoms with Crippen LogP contribution in [0.1, 0.15) is 12.5 Å². The zero-order chi connectivity index (χ0) is 17.3. The average Bonchev–Trinajstić information content (AvgIpc) is 2.56. The molecule has 0 saturated carbocycles. The van der Waals surface area contributed by atoms with Gasteiger partial charge < -0.3 is 21.3 Å². The number of aromatic nitrogens is 2. The fourth-order valence-corrected chi connectivity index (χ4v) is 2.79. The quantitative estimate of drug-likeness (QED) is 0.800. The van der Waals surface area contributed by atoms with E-state index in [0.29, 0.717) is 25.5 Å². The lowest BCUT2D eigenvalue weighted by molar-refractivity contribution is -0.146. The minimum Gasteiger partial charge on any atom is -0.383 e. The molecule has 1 fully saturated rings. The number of fused-ring (bicyclic) bond motifs is 1. The number of anilines is 1. The van der Waals surface area contributed by atoms with Crippen LogP contribution in [0.3, 0.4) is 0 Å². The minimum atomic E-state index is -0.588. The van der Waals surface area contributed by atoms with Crippen molar-refractivity contribution in [1.29, 1.82) is 0 Å². The van der Waals surface area contributed by atoms with Gasteiger partial charge in [-0.1, -0.05) is 6.07 Å². The highest BCUT2D eigenvalue weighted by Gasteiger charge is 2.28. The molecule has 0 aliphatic carbocycles. The number of nitrogen functional groups attached to an aromatic ring is 1. The summed E-state index contributed by atoms with van der Waals surface area (Å²) in [5.41, 5.74) is 13.1. The van der Waals surface area contributed by atoms with Crippen LogP contribution in [0.25, 0.3) is 10.9 Å². The first-order valence-electron chi connectivity index (χ1n) is 7.77. The standard InChI is InChI=1S/C16H20N6O2/c1-10(17)16(24)22-5-4-21(14(23)8-22)7-11-2-3-12-13(6-11)19-9-20-15(12)18/h2-3,6,9-10H,4-5,7-8,17H2,1H3,(H2,18,19,20). The zero-order valence-corrected chi connectivity index (χ0v) is 13.5. The van der Waals surface area contributed by atoms with E-state index in [2.05, 4.69) is 9.97 Å². The Balaban J connectivity index is 1.71. The van der Waals surface area contributed by atoms with E-state index in [9.17, 15) is 9.59 Å². The lowest BCUT2D eigenvalue weighted by atomic mass is 10.1. The molecule has 3 rings (SSSR count). The van der Waals surface area contributed by atoms with Gasteiger partial charge in [0.25, 0.3) is 0 Å². The van der Waals surface area contributed by atoms with Gasteiger partial charge in [-0.25, -0.2) is 9.97 Å². The molecule has 1 aromatic heterocycles. The summed E-state index contributed by atoms with van der Waals surface area (Å²) >= 11 is 0. The van der Waals surface area contributed by atoms with Gasteiger partial charge in [0.05, 0.1) is 18.1 Å². The van der Waals surface area contributed by atoms with Gasteiger partial charge in [0.2, 0.25) is 11.8 Å². The largest absolute Gasteiger partial charge is 0.383 e. The van der Waals surface area contributed by atoms with Crippen LogP contribution in [-0.2, 0) is 16.1 Å². The number of amides is 2. The van der Waals surface area contributed by atoms with Crippen molar-refractivity contribution in [3.05, 3.63) is 30.1 Å². The Morgan fingerprint density at radius 3 is 2.83 bits per heavy atom. The van der Waals surface area contributed by atoms with E-state index in [1.54, 1.807) is 11.8 Å². The normalized spacial score (nSPS) is 16.5. The number of carbonyl (C=O) groups is 2. The average molecular weight is 328 g/mol. The lowest BCUT2D eigenvalue weighted by Gasteiger charge is -2.35. The summed E-state index contributed by atoms with van der Waals surface area (Å²) in [5.74, 6) is 0.157. The van der Waals surface area contributed by atoms with Gasteiger partial charge in [0, 0.05) is 25.0 Å². The van der Waals surface area contributed by atoms with Crippen LogP contribution in [-0.4, -0.2) is 57.3 Å². The maximum Gasteiger partial charge on any atom is 0.242 e. The predicted octanol–water partition coefficient (Wildman–Crippen LogP) is -0.270. The number of carbonyl (C=O) groups excluding carboxylic acids is 2. The van der Waals surface area contributed by atoms with Crippen LogP contribution >= 0.6 is 0 Å². The Morgan fingerprint density at radius 1 is 1.33 bits per heavy atom. The third-order valence-electron chi connectivity index (χ3n) is 4.13. The first kappa shape index (κ1) is 16.1. The summed E-state index contributed by atoms with van der Waals surface area (Å²) in [5, 5.41) is 0.792. The number of piperazine rings is 1. The molecule has 126 valence electrons. The maximum atomic E-state index is 12.3. The molecule has 2 amide bonds. The smallest absolute Gasteiger partial charge is 0.242 e. The van der Waals surface area contributed by atoms with Crippen molar-refractivity contribution in [2.75, 3.05) is 25.4 Å². The fourth-order valence-electron chi connectivity index (χ4n) is 2.79. The topological polar surface area (TPSA) is 118 Å². The van der Waals surface area contributed by atoms with E-state index in [-0.39, 0.29) is 18.4 Å². The number of nitrogens with zero attached hydrogens (tertiary/aromatic N) is 4. The Hall–Kier alpha value is -2.74. The van der Waals surface area contributed by atoms with Crippen molar-refractivity contribution in [1.82, 2.24) is 19.8 Å². The van der Waals surface area contributed by atoms with Gasteiger partial charge in [0.1, 0.15) is 12.1 Å². The van der Waals surface area contributed by atoms with Crippen molar-refractivity contribution in [2.45, 2.75) is 19.5 Å². The molecule has 8 heteroatoms. The van der Waals surface area contributed by atoms with Crippen LogP contribution in [0.5, 0.6) is 0 Å². The Kier molecular flexibility index (Phi) is 4.30. The molecule has 0 radical (unpaired) electrons. The molecule has 0 bridgehead atoms. The monoisotopic (exact) mass is 328 g/mol. The van der Waals surface area contributed by atoms with Gasteiger partial charge in [-0.3, -0.25) is 9.59 Å². The van der Waals surface area contributed by atoms with Crippen LogP contribution in [0.2, 0.25) is 0 Å². The van der Waals surface area contributed by atoms with Crippen LogP contribution < -0.4 is 11.5 Å². The second-order valence-electron chi connectivity index (χ2n) is 5.97. The molecule has 1 saturated heterocycles. The van der Waals surface area contributed by atoms with E-state index in [0.717, 1.165) is 16.5 Å². The van der Waals surface area contributed by atoms with E-state index in [1.165, 1.54) is 11.2 Å². The van der Waals surface area contributed by atoms with Gasteiger partial charge in [-0.15, -0.1) is 0 Å². The summed E-state index contributed by atoms with van der Waals surface area (Å²) in [6.45, 7) is 3.15. The molecule has 1 aliphatic heterocycles. The van der Waals surface area contributed by atoms with Crippen LogP contribution in [0.4, 0.5) is 5.82 Å². The molecule has 2 aromatic rings. The Morgan fingerprint density at radius 2 is 2.12 bits per heavy atom. The molecule has 24 heavy (non-hydrogen) atoms. The second kappa shape index (κ2) is 6.40. The number of hydrogen-bond acceptors (Lipinski definition) is 6. The van der Waals surface area contributed by atoms with E-state index in [4.69, 9.17) is 11.5 Å². The van der Waals surface area contributed by atoms with Gasteiger partial charge in [-0.2, -0.15) is 0 Å². The third kappa shape index (κ3) is 3.13. The number of hydrogen-bond donors (Lipinski definition) is 2. The molecule has 1 unspecified atom stereocenters. The van der Waals surface area contributed by atoms with Crippen molar-refractivity contribution in [3.63, 3.8) is 0 Å². The SMILES string of the molecule is CC(N)C(=O)N1CCN(Cc2ccc3c(N)ncnc3c2)C(=O)C1. The summed E-state index contributed by atoms with van der Waals surface area (Å²) < 4.78 is 0. The van der Waals surface area contributed by atoms with Crippen LogP contribution in [0, 0.1) is 0 Å². The maximum absolute atomic E-state index is 12.3. The number of rotatable bonds is 3. The Labute approximate surface area is 139 Å². The highest BCUT2D eigenvalue weighted by molar-refractivity contribution is 5.89. The van der Waals surface area contributed by atoms with E-state index >= 15 is 0 Å². The summed E-state index contributed by atoms with van der Waals surface area (Å²) in [6.07, 6.45) is 1.42. The van der Waals surface area contributed by atoms with Gasteiger partial charge >= 0.3 is 0 Å². The first-order chi connectivity index (χ1) is 11.5. The predicted molar refractivity (Wildman–Crippen MR) is 89.6 cm³/mol. The second-order valence-corrected chi connectivity index (χ2v) is 5.97. The van der Waals surface area contributed by atoms with Crippen molar-refractivity contribution >= 4 is 28.5 Å². The van der Waals surface area contributed by atoms with Crippen molar-refractivity contribution in [3.8, 4) is 0 Å². The zero-order valence-electron chi connectivity index (χ0n) is 13.5. The van der Waals surface area contributed by atoms with E-state index in [1.807, 2.05) is 18.2 Å². The molecule has 1 aromatic carbocycles. The molecule has 1 atom stereocenters. The van der Waals surface area contributed by atoms with Gasteiger partial charge in [0.15, 0.2) is 0 Å². The van der Waals surface area contributed by atoms with Crippen molar-refractivity contribution in [2.24, 2.45) is 5.73 Å². The first-order valence-corrected chi connectivity index (χ1v) is 7.77. The van der Waals surface area contributed by atoms with E-state index < -0.39 is 6.04 Å². The minimum absolute atomic E-state index is 0.0725. The molecular formula is C16H20N6O2. The highest BCUT2D eigenvalue weighted by Crippen LogP contribution is 2.19. The number of nitrogens with two attached hydrogens (primary N) is 2. The summed E-state index contributed by atoms with van der Waals surface area (Å²) in [4.78, 5) is 35.6. The highest BCUT2D eigenvalue weighted by atomic mass is 16.2. The molecular weight excluding hydrogens is 308 g/mol.